The van der Waals surface area contributed by atoms with Crippen molar-refractivity contribution in [3.63, 3.8) is 0 Å². The second-order valence-corrected chi connectivity index (χ2v) is 6.41. The van der Waals surface area contributed by atoms with E-state index >= 15 is 0 Å². The van der Waals surface area contributed by atoms with Gasteiger partial charge in [0.05, 0.1) is 5.92 Å². The summed E-state index contributed by atoms with van der Waals surface area (Å²) in [7, 11) is 0. The number of rotatable bonds is 8. The average molecular weight is 311 g/mol. The van der Waals surface area contributed by atoms with Crippen molar-refractivity contribution in [3.05, 3.63) is 0 Å². The molecule has 0 aromatic carbocycles. The molecule has 0 fully saturated rings. The molecule has 2 atom stereocenters. The lowest BCUT2D eigenvalue weighted by Gasteiger charge is -2.28. The number of hydrogen-bond acceptors (Lipinski definition) is 3. The molecule has 0 amide bonds. The van der Waals surface area contributed by atoms with Crippen LogP contribution in [0.1, 0.15) is 66.2 Å². The van der Waals surface area contributed by atoms with E-state index in [1.54, 1.807) is 20.8 Å². The summed E-state index contributed by atoms with van der Waals surface area (Å²) in [5, 5.41) is 0. The van der Waals surface area contributed by atoms with Gasteiger partial charge in [-0.2, -0.15) is 13.2 Å². The second kappa shape index (κ2) is 8.61. The minimum absolute atomic E-state index is 0.110. The normalized spacial score (nSPS) is 15.6. The molecule has 0 unspecified atom stereocenters. The van der Waals surface area contributed by atoms with Gasteiger partial charge in [0.15, 0.2) is 0 Å². The highest BCUT2D eigenvalue weighted by atomic mass is 19.4. The summed E-state index contributed by atoms with van der Waals surface area (Å²) in [6, 6.07) is -2.17. The Hall–Kier alpha value is -0.780. The quantitative estimate of drug-likeness (QED) is 0.540. The molecule has 2 N–H and O–H groups in total. The van der Waals surface area contributed by atoms with Gasteiger partial charge >= 0.3 is 12.1 Å². The molecule has 0 heterocycles. The number of unbranched alkanes of at least 4 members (excludes halogenated alkanes) is 4. The highest BCUT2D eigenvalue weighted by Crippen LogP contribution is 2.29. The van der Waals surface area contributed by atoms with E-state index in [1.165, 1.54) is 0 Å². The van der Waals surface area contributed by atoms with Gasteiger partial charge in [0.1, 0.15) is 11.6 Å². The van der Waals surface area contributed by atoms with Crippen LogP contribution in [0.2, 0.25) is 0 Å². The highest BCUT2D eigenvalue weighted by molar-refractivity contribution is 5.73. The third kappa shape index (κ3) is 8.96. The molecule has 0 rings (SSSR count). The predicted molar refractivity (Wildman–Crippen MR) is 76.7 cm³/mol. The Balaban J connectivity index is 4.66. The van der Waals surface area contributed by atoms with Crippen LogP contribution in [-0.2, 0) is 9.53 Å². The number of esters is 1. The third-order valence-electron chi connectivity index (χ3n) is 3.14. The Morgan fingerprint density at radius 3 is 2.05 bits per heavy atom. The Bertz CT molecular complexity index is 311. The summed E-state index contributed by atoms with van der Waals surface area (Å²) in [5.41, 5.74) is 4.41. The van der Waals surface area contributed by atoms with Gasteiger partial charge in [-0.1, -0.05) is 39.0 Å². The first-order chi connectivity index (χ1) is 9.49. The minimum atomic E-state index is -4.59. The Morgan fingerprint density at radius 1 is 1.10 bits per heavy atom. The molecule has 0 aliphatic heterocycles. The monoisotopic (exact) mass is 311 g/mol. The number of nitrogens with two attached hydrogens (primary N) is 1. The van der Waals surface area contributed by atoms with Crippen molar-refractivity contribution in [2.45, 2.75) is 84.0 Å². The topological polar surface area (TPSA) is 52.3 Å². The van der Waals surface area contributed by atoms with Crippen LogP contribution < -0.4 is 5.73 Å². The van der Waals surface area contributed by atoms with Crippen LogP contribution in [0.3, 0.4) is 0 Å². The van der Waals surface area contributed by atoms with Crippen molar-refractivity contribution >= 4 is 5.97 Å². The lowest BCUT2D eigenvalue weighted by Crippen LogP contribution is -2.48. The molecule has 0 bridgehead atoms. The van der Waals surface area contributed by atoms with Gasteiger partial charge in [-0.3, -0.25) is 4.79 Å². The molecule has 0 radical (unpaired) electrons. The minimum Gasteiger partial charge on any atom is -0.460 e. The molecule has 0 spiro atoms. The summed E-state index contributed by atoms with van der Waals surface area (Å²) in [4.78, 5) is 12.0. The number of halogens is 3. The van der Waals surface area contributed by atoms with Crippen LogP contribution in [-0.4, -0.2) is 23.8 Å². The van der Waals surface area contributed by atoms with Gasteiger partial charge in [0.25, 0.3) is 0 Å². The SMILES string of the molecule is CCCCCCC[C@H](C(=O)OC(C)(C)C)[C@H](N)C(F)(F)F. The zero-order valence-corrected chi connectivity index (χ0v) is 13.4. The standard InChI is InChI=1S/C15H28F3NO2/c1-5-6-7-8-9-10-11(12(19)15(16,17)18)13(20)21-14(2,3)4/h11-12H,5-10,19H2,1-4H3/t11-,12-/m0/s1. The first-order valence-electron chi connectivity index (χ1n) is 7.54. The van der Waals surface area contributed by atoms with Crippen LogP contribution in [0.25, 0.3) is 0 Å². The fourth-order valence-electron chi connectivity index (χ4n) is 2.02. The molecule has 6 heteroatoms. The van der Waals surface area contributed by atoms with Crippen molar-refractivity contribution in [1.29, 1.82) is 0 Å². The van der Waals surface area contributed by atoms with Gasteiger partial charge in [0.2, 0.25) is 0 Å². The summed E-state index contributed by atoms with van der Waals surface area (Å²) < 4.78 is 43.4. The van der Waals surface area contributed by atoms with E-state index < -0.39 is 29.7 Å². The fraction of sp³-hybridized carbons (Fsp3) is 0.933. The van der Waals surface area contributed by atoms with Gasteiger partial charge in [-0.15, -0.1) is 0 Å². The smallest absolute Gasteiger partial charge is 0.404 e. The largest absolute Gasteiger partial charge is 0.460 e. The van der Waals surface area contributed by atoms with Crippen LogP contribution in [0, 0.1) is 5.92 Å². The molecule has 0 aromatic rings. The van der Waals surface area contributed by atoms with E-state index in [2.05, 4.69) is 6.92 Å². The zero-order chi connectivity index (χ0) is 16.7. The number of ether oxygens (including phenoxy) is 1. The van der Waals surface area contributed by atoms with E-state index in [9.17, 15) is 18.0 Å². The Morgan fingerprint density at radius 2 is 1.62 bits per heavy atom. The molecule has 3 nitrogen and oxygen atoms in total. The third-order valence-corrected chi connectivity index (χ3v) is 3.14. The summed E-state index contributed by atoms with van der Waals surface area (Å²) in [5.74, 6) is -2.19. The van der Waals surface area contributed by atoms with Gasteiger partial charge in [-0.05, 0) is 27.2 Å². The molecule has 0 aliphatic carbocycles. The molecule has 126 valence electrons. The maximum absolute atomic E-state index is 12.8. The van der Waals surface area contributed by atoms with Crippen molar-refractivity contribution in [1.82, 2.24) is 0 Å². The van der Waals surface area contributed by atoms with E-state index in [4.69, 9.17) is 10.5 Å². The highest BCUT2D eigenvalue weighted by Gasteiger charge is 2.45. The molecular formula is C15H28F3NO2. The average Bonchev–Trinajstić information content (AvgIpc) is 2.29. The van der Waals surface area contributed by atoms with Crippen LogP contribution in [0.4, 0.5) is 13.2 Å². The summed E-state index contributed by atoms with van der Waals surface area (Å²) >= 11 is 0. The number of hydrogen-bond donors (Lipinski definition) is 1. The van der Waals surface area contributed by atoms with Crippen molar-refractivity contribution < 1.29 is 22.7 Å². The van der Waals surface area contributed by atoms with Gasteiger partial charge in [-0.25, -0.2) is 0 Å². The summed E-state index contributed by atoms with van der Waals surface area (Å²) in [6.07, 6.45) is -0.0749. The predicted octanol–water partition coefficient (Wildman–Crippen LogP) is 4.19. The Labute approximate surface area is 125 Å². The van der Waals surface area contributed by atoms with Crippen LogP contribution in [0.5, 0.6) is 0 Å². The fourth-order valence-corrected chi connectivity index (χ4v) is 2.02. The molecule has 21 heavy (non-hydrogen) atoms. The Kier molecular flexibility index (Phi) is 8.29. The van der Waals surface area contributed by atoms with E-state index in [-0.39, 0.29) is 6.42 Å². The second-order valence-electron chi connectivity index (χ2n) is 6.41. The van der Waals surface area contributed by atoms with Crippen molar-refractivity contribution in [3.8, 4) is 0 Å². The summed E-state index contributed by atoms with van der Waals surface area (Å²) in [6.45, 7) is 6.94. The maximum Gasteiger partial charge on any atom is 0.404 e. The van der Waals surface area contributed by atoms with E-state index in [0.717, 1.165) is 25.7 Å². The maximum atomic E-state index is 12.8. The van der Waals surface area contributed by atoms with Crippen molar-refractivity contribution in [2.75, 3.05) is 0 Å². The molecule has 0 aromatic heterocycles. The molecule has 0 saturated heterocycles. The first kappa shape index (κ1) is 20.2. The molecule has 0 aliphatic rings. The first-order valence-corrected chi connectivity index (χ1v) is 7.54. The van der Waals surface area contributed by atoms with E-state index in [1.807, 2.05) is 0 Å². The zero-order valence-electron chi connectivity index (χ0n) is 13.4. The number of carbonyl (C=O) groups excluding carboxylic acids is 1. The lowest BCUT2D eigenvalue weighted by molar-refractivity contribution is -0.183. The van der Waals surface area contributed by atoms with E-state index in [0.29, 0.717) is 6.42 Å². The van der Waals surface area contributed by atoms with Gasteiger partial charge in [0, 0.05) is 0 Å². The number of alkyl halides is 3. The van der Waals surface area contributed by atoms with Crippen LogP contribution in [0.15, 0.2) is 0 Å². The lowest BCUT2D eigenvalue weighted by atomic mass is 9.93. The molecule has 0 saturated carbocycles. The number of carbonyl (C=O) groups is 1. The van der Waals surface area contributed by atoms with Crippen molar-refractivity contribution in [2.24, 2.45) is 11.7 Å². The molecular weight excluding hydrogens is 283 g/mol. The van der Waals surface area contributed by atoms with Crippen LogP contribution >= 0.6 is 0 Å². The van der Waals surface area contributed by atoms with Gasteiger partial charge < -0.3 is 10.5 Å².